The summed E-state index contributed by atoms with van der Waals surface area (Å²) in [7, 11) is -3.87. The highest BCUT2D eigenvalue weighted by atomic mass is 32.2. The largest absolute Gasteiger partial charge is 0.286 e. The minimum atomic E-state index is -3.87. The number of benzene rings is 1. The molecule has 0 fully saturated rings. The van der Waals surface area contributed by atoms with E-state index in [0.29, 0.717) is 13.0 Å². The number of imidazole rings is 1. The van der Waals surface area contributed by atoms with E-state index >= 15 is 0 Å². The fourth-order valence-electron chi connectivity index (χ4n) is 2.06. The lowest BCUT2D eigenvalue weighted by atomic mass is 10.1. The van der Waals surface area contributed by atoms with Gasteiger partial charge in [0.2, 0.25) is 6.33 Å². The Morgan fingerprint density at radius 3 is 2.62 bits per heavy atom. The minimum absolute atomic E-state index is 0.214. The van der Waals surface area contributed by atoms with Gasteiger partial charge in [0.25, 0.3) is 10.1 Å². The molecule has 0 aliphatic carbocycles. The summed E-state index contributed by atoms with van der Waals surface area (Å²) in [6, 6.07) is 8.15. The van der Waals surface area contributed by atoms with Gasteiger partial charge in [-0.25, -0.2) is 9.13 Å². The van der Waals surface area contributed by atoms with Gasteiger partial charge < -0.3 is 0 Å². The molecule has 0 saturated carbocycles. The molecule has 0 radical (unpaired) electrons. The molecule has 1 N–H and O–H groups in total. The standard InChI is InChI=1S/C15H18N2O3S/c1-2-14-4-6-15(7-5-14)12-17-10-9-16(13-17)8-3-11-21(18,19)20/h2,4-7,9-10,13H,1,3,8,11-12H2/p+1. The highest BCUT2D eigenvalue weighted by Gasteiger charge is 2.08. The van der Waals surface area contributed by atoms with E-state index in [2.05, 4.69) is 18.7 Å². The van der Waals surface area contributed by atoms with E-state index in [-0.39, 0.29) is 5.75 Å². The first kappa shape index (κ1) is 15.5. The fraction of sp³-hybridized carbons (Fsp3) is 0.267. The number of aryl methyl sites for hydroxylation is 1. The molecular weight excluding hydrogens is 288 g/mol. The van der Waals surface area contributed by atoms with Gasteiger partial charge in [0.1, 0.15) is 18.9 Å². The third-order valence-electron chi connectivity index (χ3n) is 3.15. The minimum Gasteiger partial charge on any atom is -0.286 e. The Bertz CT molecular complexity index is 703. The van der Waals surface area contributed by atoms with Crippen LogP contribution in [0.1, 0.15) is 17.5 Å². The number of nitrogens with zero attached hydrogens (tertiary/aromatic N) is 2. The van der Waals surface area contributed by atoms with Gasteiger partial charge in [-0.15, -0.1) is 0 Å². The molecule has 2 rings (SSSR count). The van der Waals surface area contributed by atoms with Crippen LogP contribution in [0.3, 0.4) is 0 Å². The average Bonchev–Trinajstić information content (AvgIpc) is 2.86. The normalized spacial score (nSPS) is 11.5. The summed E-state index contributed by atoms with van der Waals surface area (Å²) >= 11 is 0. The zero-order chi connectivity index (χ0) is 15.3. The van der Waals surface area contributed by atoms with Crippen molar-refractivity contribution in [2.45, 2.75) is 19.5 Å². The number of hydrogen-bond donors (Lipinski definition) is 1. The summed E-state index contributed by atoms with van der Waals surface area (Å²) < 4.78 is 33.9. The van der Waals surface area contributed by atoms with E-state index in [1.54, 1.807) is 0 Å². The Labute approximate surface area is 124 Å². The van der Waals surface area contributed by atoms with Crippen molar-refractivity contribution in [1.29, 1.82) is 0 Å². The van der Waals surface area contributed by atoms with Crippen molar-refractivity contribution in [3.63, 3.8) is 0 Å². The molecule has 0 bridgehead atoms. The highest BCUT2D eigenvalue weighted by Crippen LogP contribution is 2.05. The van der Waals surface area contributed by atoms with Crippen molar-refractivity contribution in [2.75, 3.05) is 5.75 Å². The number of rotatable bonds is 7. The van der Waals surface area contributed by atoms with Crippen molar-refractivity contribution < 1.29 is 17.5 Å². The van der Waals surface area contributed by atoms with Crippen molar-refractivity contribution in [3.8, 4) is 0 Å². The molecule has 1 heterocycles. The summed E-state index contributed by atoms with van der Waals surface area (Å²) in [5.41, 5.74) is 2.27. The molecule has 1 aromatic carbocycles. The summed E-state index contributed by atoms with van der Waals surface area (Å²) in [4.78, 5) is 0. The molecule has 0 saturated heterocycles. The van der Waals surface area contributed by atoms with Crippen LogP contribution >= 0.6 is 0 Å². The van der Waals surface area contributed by atoms with E-state index in [1.165, 1.54) is 5.56 Å². The Balaban J connectivity index is 1.91. The van der Waals surface area contributed by atoms with Gasteiger partial charge in [0.05, 0.1) is 12.3 Å². The molecule has 0 spiro atoms. The van der Waals surface area contributed by atoms with Crippen molar-refractivity contribution in [1.82, 2.24) is 4.57 Å². The Morgan fingerprint density at radius 2 is 2.00 bits per heavy atom. The lowest BCUT2D eigenvalue weighted by Gasteiger charge is -1.99. The Morgan fingerprint density at radius 1 is 1.29 bits per heavy atom. The zero-order valence-electron chi connectivity index (χ0n) is 11.7. The summed E-state index contributed by atoms with van der Waals surface area (Å²) in [6.07, 6.45) is 7.95. The lowest BCUT2D eigenvalue weighted by Crippen LogP contribution is -2.31. The summed E-state index contributed by atoms with van der Waals surface area (Å²) in [6.45, 7) is 5.03. The molecule has 0 amide bonds. The third kappa shape index (κ3) is 5.17. The van der Waals surface area contributed by atoms with Crippen LogP contribution in [-0.4, -0.2) is 23.3 Å². The molecule has 6 heteroatoms. The summed E-state index contributed by atoms with van der Waals surface area (Å²) in [5.74, 6) is -0.214. The summed E-state index contributed by atoms with van der Waals surface area (Å²) in [5, 5.41) is 0. The SMILES string of the molecule is C=Cc1ccc(C[n+]2ccn(CCCS(=O)(=O)O)c2)cc1. The van der Waals surface area contributed by atoms with E-state index in [0.717, 1.165) is 12.1 Å². The van der Waals surface area contributed by atoms with Crippen LogP contribution < -0.4 is 4.57 Å². The van der Waals surface area contributed by atoms with Crippen LogP contribution in [0.15, 0.2) is 49.6 Å². The van der Waals surface area contributed by atoms with Crippen LogP contribution in [0.5, 0.6) is 0 Å². The van der Waals surface area contributed by atoms with Crippen LogP contribution in [0.4, 0.5) is 0 Å². The monoisotopic (exact) mass is 307 g/mol. The molecule has 5 nitrogen and oxygen atoms in total. The second-order valence-corrected chi connectivity index (χ2v) is 6.48. The highest BCUT2D eigenvalue weighted by molar-refractivity contribution is 7.85. The first-order chi connectivity index (χ1) is 9.96. The first-order valence-electron chi connectivity index (χ1n) is 6.68. The van der Waals surface area contributed by atoms with Gasteiger partial charge in [0, 0.05) is 6.42 Å². The fourth-order valence-corrected chi connectivity index (χ4v) is 2.56. The van der Waals surface area contributed by atoms with Gasteiger partial charge in [-0.05, 0) is 11.1 Å². The van der Waals surface area contributed by atoms with Gasteiger partial charge >= 0.3 is 0 Å². The molecule has 0 aliphatic rings. The maximum absolute atomic E-state index is 10.7. The van der Waals surface area contributed by atoms with Crippen molar-refractivity contribution in [2.24, 2.45) is 0 Å². The van der Waals surface area contributed by atoms with E-state index in [9.17, 15) is 8.42 Å². The van der Waals surface area contributed by atoms with Gasteiger partial charge in [0.15, 0.2) is 0 Å². The average molecular weight is 307 g/mol. The zero-order valence-corrected chi connectivity index (χ0v) is 12.5. The Kier molecular flexibility index (Phi) is 4.93. The quantitative estimate of drug-likeness (QED) is 0.626. The van der Waals surface area contributed by atoms with Crippen LogP contribution in [0.2, 0.25) is 0 Å². The molecule has 2 aromatic rings. The van der Waals surface area contributed by atoms with Crippen LogP contribution in [-0.2, 0) is 23.2 Å². The number of aromatic nitrogens is 2. The molecule has 0 atom stereocenters. The molecule has 1 aromatic heterocycles. The second-order valence-electron chi connectivity index (χ2n) is 4.91. The maximum Gasteiger partial charge on any atom is 0.265 e. The predicted molar refractivity (Wildman–Crippen MR) is 81.3 cm³/mol. The van der Waals surface area contributed by atoms with E-state index in [1.807, 2.05) is 46.1 Å². The van der Waals surface area contributed by atoms with Gasteiger partial charge in [-0.2, -0.15) is 8.42 Å². The van der Waals surface area contributed by atoms with Gasteiger partial charge in [-0.3, -0.25) is 4.55 Å². The first-order valence-corrected chi connectivity index (χ1v) is 8.28. The van der Waals surface area contributed by atoms with Crippen LogP contribution in [0.25, 0.3) is 6.08 Å². The maximum atomic E-state index is 10.7. The molecule has 112 valence electrons. The van der Waals surface area contributed by atoms with E-state index < -0.39 is 10.1 Å². The molecule has 21 heavy (non-hydrogen) atoms. The molecule has 0 unspecified atom stereocenters. The Hall–Kier alpha value is -1.92. The van der Waals surface area contributed by atoms with Crippen LogP contribution in [0, 0.1) is 0 Å². The lowest BCUT2D eigenvalue weighted by molar-refractivity contribution is -0.687. The third-order valence-corrected chi connectivity index (χ3v) is 3.95. The van der Waals surface area contributed by atoms with Gasteiger partial charge in [-0.1, -0.05) is 36.9 Å². The van der Waals surface area contributed by atoms with Crippen molar-refractivity contribution in [3.05, 3.63) is 60.7 Å². The molecule has 0 aliphatic heterocycles. The predicted octanol–water partition coefficient (Wildman–Crippen LogP) is 1.74. The molecular formula is C15H19N2O3S+. The number of hydrogen-bond acceptors (Lipinski definition) is 2. The second kappa shape index (κ2) is 6.69. The van der Waals surface area contributed by atoms with Crippen molar-refractivity contribution >= 4 is 16.2 Å². The smallest absolute Gasteiger partial charge is 0.265 e. The topological polar surface area (TPSA) is 63.2 Å². The van der Waals surface area contributed by atoms with E-state index in [4.69, 9.17) is 4.55 Å².